The number of anilines is 2. The van der Waals surface area contributed by atoms with Crippen molar-refractivity contribution in [3.8, 4) is 11.3 Å². The number of nitrogens with zero attached hydrogens (tertiary/aromatic N) is 6. The van der Waals surface area contributed by atoms with E-state index >= 15 is 0 Å². The van der Waals surface area contributed by atoms with Crippen LogP contribution in [0.2, 0.25) is 0 Å². The number of carbonyl (C=O) groups is 2. The molecule has 1 saturated heterocycles. The molecule has 2 amide bonds. The topological polar surface area (TPSA) is 108 Å². The van der Waals surface area contributed by atoms with E-state index in [0.717, 1.165) is 17.1 Å². The molecule has 0 spiro atoms. The summed E-state index contributed by atoms with van der Waals surface area (Å²) in [4.78, 5) is 42.1. The van der Waals surface area contributed by atoms with Crippen LogP contribution in [0.3, 0.4) is 0 Å². The SMILES string of the molecule is O=C(CN1CCN(C(=O)CNc2c(-c3ccccc3)nc3cnccn23)CC1)Nc1ccccn1. The van der Waals surface area contributed by atoms with Crippen LogP contribution in [0.4, 0.5) is 11.6 Å². The maximum Gasteiger partial charge on any atom is 0.242 e. The van der Waals surface area contributed by atoms with Gasteiger partial charge in [0, 0.05) is 50.3 Å². The number of nitrogens with one attached hydrogen (secondary N) is 2. The van der Waals surface area contributed by atoms with E-state index in [-0.39, 0.29) is 24.9 Å². The number of imidazole rings is 1. The van der Waals surface area contributed by atoms with Gasteiger partial charge in [0.05, 0.1) is 19.3 Å². The first-order valence-corrected chi connectivity index (χ1v) is 11.5. The van der Waals surface area contributed by atoms with E-state index in [1.54, 1.807) is 30.7 Å². The van der Waals surface area contributed by atoms with Crippen molar-refractivity contribution in [1.82, 2.24) is 29.2 Å². The minimum Gasteiger partial charge on any atom is -0.360 e. The molecule has 5 rings (SSSR count). The zero-order valence-electron chi connectivity index (χ0n) is 19.2. The molecule has 4 heterocycles. The summed E-state index contributed by atoms with van der Waals surface area (Å²) in [7, 11) is 0. The molecule has 1 aromatic carbocycles. The Morgan fingerprint density at radius 2 is 1.74 bits per heavy atom. The first-order chi connectivity index (χ1) is 17.2. The van der Waals surface area contributed by atoms with E-state index in [0.29, 0.717) is 37.6 Å². The van der Waals surface area contributed by atoms with Crippen molar-refractivity contribution in [2.24, 2.45) is 0 Å². The summed E-state index contributed by atoms with van der Waals surface area (Å²) < 4.78 is 1.90. The Morgan fingerprint density at radius 1 is 0.943 bits per heavy atom. The summed E-state index contributed by atoms with van der Waals surface area (Å²) in [5, 5.41) is 6.10. The molecular formula is C25H26N8O2. The van der Waals surface area contributed by atoms with Crippen LogP contribution in [-0.2, 0) is 9.59 Å². The largest absolute Gasteiger partial charge is 0.360 e. The summed E-state index contributed by atoms with van der Waals surface area (Å²) in [5.74, 6) is 1.19. The molecule has 0 bridgehead atoms. The second-order valence-corrected chi connectivity index (χ2v) is 8.25. The van der Waals surface area contributed by atoms with Gasteiger partial charge < -0.3 is 15.5 Å². The smallest absolute Gasteiger partial charge is 0.242 e. The van der Waals surface area contributed by atoms with Gasteiger partial charge in [-0.05, 0) is 12.1 Å². The van der Waals surface area contributed by atoms with Crippen LogP contribution >= 0.6 is 0 Å². The lowest BCUT2D eigenvalue weighted by Gasteiger charge is -2.34. The number of pyridine rings is 1. The zero-order valence-corrected chi connectivity index (χ0v) is 19.2. The fourth-order valence-electron chi connectivity index (χ4n) is 4.12. The molecule has 0 radical (unpaired) electrons. The molecule has 1 aliphatic rings. The highest BCUT2D eigenvalue weighted by Crippen LogP contribution is 2.28. The number of benzene rings is 1. The monoisotopic (exact) mass is 470 g/mol. The standard InChI is InChI=1S/C25H26N8O2/c34-22(29-20-8-4-5-9-27-20)18-31-12-14-32(15-13-31)23(35)17-28-25-24(19-6-2-1-3-7-19)30-21-16-26-10-11-33(21)25/h1-11,16,28H,12-15,17-18H2,(H,27,29,34). The van der Waals surface area contributed by atoms with Gasteiger partial charge in [0.25, 0.3) is 0 Å². The molecule has 1 aliphatic heterocycles. The predicted octanol–water partition coefficient (Wildman–Crippen LogP) is 1.99. The van der Waals surface area contributed by atoms with Crippen LogP contribution in [-0.4, -0.2) is 80.2 Å². The fourth-order valence-corrected chi connectivity index (χ4v) is 4.12. The lowest BCUT2D eigenvalue weighted by atomic mass is 10.1. The Morgan fingerprint density at radius 3 is 2.51 bits per heavy atom. The molecular weight excluding hydrogens is 444 g/mol. The maximum absolute atomic E-state index is 13.0. The van der Waals surface area contributed by atoms with Crippen LogP contribution in [0.1, 0.15) is 0 Å². The number of hydrogen-bond donors (Lipinski definition) is 2. The number of fused-ring (bicyclic) bond motifs is 1. The van der Waals surface area contributed by atoms with Crippen LogP contribution in [0.15, 0.2) is 73.3 Å². The van der Waals surface area contributed by atoms with Crippen molar-refractivity contribution in [1.29, 1.82) is 0 Å². The van der Waals surface area contributed by atoms with Crippen molar-refractivity contribution >= 4 is 29.1 Å². The third-order valence-electron chi connectivity index (χ3n) is 5.91. The highest BCUT2D eigenvalue weighted by Gasteiger charge is 2.23. The van der Waals surface area contributed by atoms with Gasteiger partial charge in [-0.15, -0.1) is 0 Å². The normalized spacial score (nSPS) is 14.1. The van der Waals surface area contributed by atoms with E-state index in [4.69, 9.17) is 4.98 Å². The molecule has 1 fully saturated rings. The summed E-state index contributed by atoms with van der Waals surface area (Å²) in [5.41, 5.74) is 2.44. The number of carbonyl (C=O) groups excluding carboxylic acids is 2. The van der Waals surface area contributed by atoms with E-state index in [1.807, 2.05) is 56.8 Å². The molecule has 10 heteroatoms. The molecule has 0 aliphatic carbocycles. The fraction of sp³-hybridized carbons (Fsp3) is 0.240. The molecule has 35 heavy (non-hydrogen) atoms. The number of rotatable bonds is 7. The van der Waals surface area contributed by atoms with Crippen LogP contribution in [0.25, 0.3) is 16.9 Å². The number of aromatic nitrogens is 4. The van der Waals surface area contributed by atoms with Gasteiger partial charge in [-0.3, -0.25) is 23.9 Å². The van der Waals surface area contributed by atoms with E-state index in [2.05, 4.69) is 20.6 Å². The van der Waals surface area contributed by atoms with Crippen molar-refractivity contribution in [3.63, 3.8) is 0 Å². The minimum absolute atomic E-state index is 0.00519. The van der Waals surface area contributed by atoms with E-state index in [9.17, 15) is 9.59 Å². The van der Waals surface area contributed by atoms with Gasteiger partial charge in [0.1, 0.15) is 17.3 Å². The molecule has 0 atom stereocenters. The van der Waals surface area contributed by atoms with Crippen LogP contribution < -0.4 is 10.6 Å². The molecule has 4 aromatic rings. The Balaban J connectivity index is 1.17. The van der Waals surface area contributed by atoms with Gasteiger partial charge in [0.15, 0.2) is 5.65 Å². The highest BCUT2D eigenvalue weighted by molar-refractivity contribution is 5.91. The van der Waals surface area contributed by atoms with Crippen LogP contribution in [0, 0.1) is 0 Å². The molecule has 10 nitrogen and oxygen atoms in total. The first-order valence-electron chi connectivity index (χ1n) is 11.5. The maximum atomic E-state index is 13.0. The van der Waals surface area contributed by atoms with Crippen molar-refractivity contribution in [3.05, 3.63) is 73.3 Å². The molecule has 0 unspecified atom stereocenters. The lowest BCUT2D eigenvalue weighted by Crippen LogP contribution is -2.51. The number of piperazine rings is 1. The number of hydrogen-bond acceptors (Lipinski definition) is 7. The Hall–Kier alpha value is -4.31. The third-order valence-corrected chi connectivity index (χ3v) is 5.91. The van der Waals surface area contributed by atoms with Crippen LogP contribution in [0.5, 0.6) is 0 Å². The second-order valence-electron chi connectivity index (χ2n) is 8.25. The summed E-state index contributed by atoms with van der Waals surface area (Å²) in [6.07, 6.45) is 6.86. The molecule has 3 aromatic heterocycles. The van der Waals surface area contributed by atoms with Crippen molar-refractivity contribution in [2.45, 2.75) is 0 Å². The summed E-state index contributed by atoms with van der Waals surface area (Å²) in [6.45, 7) is 2.83. The van der Waals surface area contributed by atoms with Gasteiger partial charge >= 0.3 is 0 Å². The summed E-state index contributed by atoms with van der Waals surface area (Å²) in [6, 6.07) is 15.2. The minimum atomic E-state index is -0.110. The summed E-state index contributed by atoms with van der Waals surface area (Å²) >= 11 is 0. The Kier molecular flexibility index (Phi) is 6.62. The van der Waals surface area contributed by atoms with Gasteiger partial charge in [0.2, 0.25) is 11.8 Å². The highest BCUT2D eigenvalue weighted by atomic mass is 16.2. The van der Waals surface area contributed by atoms with Crippen molar-refractivity contribution in [2.75, 3.05) is 49.9 Å². The predicted molar refractivity (Wildman–Crippen MR) is 133 cm³/mol. The lowest BCUT2D eigenvalue weighted by molar-refractivity contribution is -0.131. The third kappa shape index (κ3) is 5.28. The quantitative estimate of drug-likeness (QED) is 0.425. The Labute approximate surface area is 202 Å². The van der Waals surface area contributed by atoms with Gasteiger partial charge in [-0.25, -0.2) is 9.97 Å². The second kappa shape index (κ2) is 10.3. The van der Waals surface area contributed by atoms with Gasteiger partial charge in [-0.2, -0.15) is 0 Å². The molecule has 178 valence electrons. The van der Waals surface area contributed by atoms with Gasteiger partial charge in [-0.1, -0.05) is 36.4 Å². The first kappa shape index (κ1) is 22.5. The average molecular weight is 471 g/mol. The van der Waals surface area contributed by atoms with E-state index in [1.165, 1.54) is 0 Å². The molecule has 0 saturated carbocycles. The van der Waals surface area contributed by atoms with Crippen molar-refractivity contribution < 1.29 is 9.59 Å². The average Bonchev–Trinajstić information content (AvgIpc) is 3.27. The Bertz CT molecular complexity index is 1300. The zero-order chi connectivity index (χ0) is 24.0. The molecule has 2 N–H and O–H groups in total. The number of amides is 2. The van der Waals surface area contributed by atoms with E-state index < -0.39 is 0 Å².